The van der Waals surface area contributed by atoms with Gasteiger partial charge in [-0.3, -0.25) is 4.90 Å². The van der Waals surface area contributed by atoms with Crippen molar-refractivity contribution >= 4 is 6.03 Å². The number of hydrogen-bond donors (Lipinski definition) is 1. The molecule has 0 atom stereocenters. The molecule has 14 heavy (non-hydrogen) atoms. The molecule has 0 heterocycles. The molecule has 5 heteroatoms. The Hall–Kier alpha value is -1.75. The number of nitriles is 2. The van der Waals surface area contributed by atoms with Crippen LogP contribution in [0.5, 0.6) is 0 Å². The van der Waals surface area contributed by atoms with E-state index in [9.17, 15) is 4.79 Å². The Bertz CT molecular complexity index is 263. The lowest BCUT2D eigenvalue weighted by molar-refractivity contribution is 0.200. The molecule has 0 aromatic heterocycles. The average Bonchev–Trinajstić information content (AvgIpc) is 2.01. The second kappa shape index (κ2) is 5.08. The van der Waals surface area contributed by atoms with E-state index < -0.39 is 0 Å². The number of nitrogens with zero attached hydrogens (tertiary/aromatic N) is 3. The van der Waals surface area contributed by atoms with Gasteiger partial charge in [-0.15, -0.1) is 0 Å². The maximum Gasteiger partial charge on any atom is 0.319 e. The minimum Gasteiger partial charge on any atom is -0.333 e. The molecule has 0 spiro atoms. The lowest BCUT2D eigenvalue weighted by Crippen LogP contribution is -2.48. The molecular weight excluding hydrogens is 180 g/mol. The minimum absolute atomic E-state index is 0.0739. The second-order valence-electron chi connectivity index (χ2n) is 3.85. The fourth-order valence-electron chi connectivity index (χ4n) is 0.770. The Balaban J connectivity index is 4.32. The van der Waals surface area contributed by atoms with Gasteiger partial charge >= 0.3 is 6.03 Å². The monoisotopic (exact) mass is 194 g/mol. The van der Waals surface area contributed by atoms with Crippen molar-refractivity contribution in [2.75, 3.05) is 13.1 Å². The fourth-order valence-corrected chi connectivity index (χ4v) is 0.770. The SMILES string of the molecule is CC(C)(C)NC(=O)N(CC#N)CC#N. The van der Waals surface area contributed by atoms with Crippen LogP contribution in [-0.4, -0.2) is 29.6 Å². The molecule has 0 aliphatic heterocycles. The van der Waals surface area contributed by atoms with Crippen molar-refractivity contribution in [3.8, 4) is 12.1 Å². The van der Waals surface area contributed by atoms with Crippen LogP contribution in [-0.2, 0) is 0 Å². The summed E-state index contributed by atoms with van der Waals surface area (Å²) in [6, 6.07) is 3.28. The number of carbonyl (C=O) groups excluding carboxylic acids is 1. The number of rotatable bonds is 2. The Morgan fingerprint density at radius 3 is 2.00 bits per heavy atom. The van der Waals surface area contributed by atoms with Crippen molar-refractivity contribution in [1.29, 1.82) is 10.5 Å². The molecule has 0 aliphatic carbocycles. The standard InChI is InChI=1S/C9H14N4O/c1-9(2,3)12-8(14)13(6-4-10)7-5-11/h6-7H2,1-3H3,(H,12,14). The molecule has 0 aromatic rings. The fraction of sp³-hybridized carbons (Fsp3) is 0.667. The molecule has 0 bridgehead atoms. The Labute approximate surface area is 83.9 Å². The van der Waals surface area contributed by atoms with E-state index in [1.165, 1.54) is 0 Å². The van der Waals surface area contributed by atoms with Gasteiger partial charge in [0.15, 0.2) is 0 Å². The molecule has 0 aliphatic rings. The summed E-state index contributed by atoms with van der Waals surface area (Å²) in [6.45, 7) is 5.36. The smallest absolute Gasteiger partial charge is 0.319 e. The predicted molar refractivity (Wildman–Crippen MR) is 51.1 cm³/mol. The van der Waals surface area contributed by atoms with Crippen molar-refractivity contribution in [3.63, 3.8) is 0 Å². The molecule has 5 nitrogen and oxygen atoms in total. The highest BCUT2D eigenvalue weighted by molar-refractivity contribution is 5.75. The molecule has 2 amide bonds. The van der Waals surface area contributed by atoms with E-state index in [4.69, 9.17) is 10.5 Å². The lowest BCUT2D eigenvalue weighted by atomic mass is 10.1. The molecule has 0 rings (SSSR count). The van der Waals surface area contributed by atoms with Gasteiger partial charge in [0.2, 0.25) is 0 Å². The largest absolute Gasteiger partial charge is 0.333 e. The molecule has 0 aromatic carbocycles. The highest BCUT2D eigenvalue weighted by atomic mass is 16.2. The first kappa shape index (κ1) is 12.2. The predicted octanol–water partition coefficient (Wildman–Crippen LogP) is 0.844. The van der Waals surface area contributed by atoms with E-state index in [-0.39, 0.29) is 24.7 Å². The van der Waals surface area contributed by atoms with Gasteiger partial charge in [-0.1, -0.05) is 0 Å². The van der Waals surface area contributed by atoms with Crippen LogP contribution in [0.4, 0.5) is 4.79 Å². The van der Waals surface area contributed by atoms with Gasteiger partial charge in [-0.05, 0) is 20.8 Å². The van der Waals surface area contributed by atoms with Crippen molar-refractivity contribution in [2.45, 2.75) is 26.3 Å². The van der Waals surface area contributed by atoms with E-state index >= 15 is 0 Å². The van der Waals surface area contributed by atoms with Crippen molar-refractivity contribution in [3.05, 3.63) is 0 Å². The van der Waals surface area contributed by atoms with Gasteiger partial charge in [-0.2, -0.15) is 10.5 Å². The first-order chi connectivity index (χ1) is 6.40. The molecule has 76 valence electrons. The maximum absolute atomic E-state index is 11.5. The van der Waals surface area contributed by atoms with Crippen LogP contribution in [0.15, 0.2) is 0 Å². The molecular formula is C9H14N4O. The molecule has 0 fully saturated rings. The average molecular weight is 194 g/mol. The zero-order chi connectivity index (χ0) is 11.2. The highest BCUT2D eigenvalue weighted by Gasteiger charge is 2.18. The highest BCUT2D eigenvalue weighted by Crippen LogP contribution is 2.00. The van der Waals surface area contributed by atoms with E-state index in [1.807, 2.05) is 32.9 Å². The summed E-state index contributed by atoms with van der Waals surface area (Å²) in [7, 11) is 0. The normalized spacial score (nSPS) is 9.79. The van der Waals surface area contributed by atoms with Crippen molar-refractivity contribution in [1.82, 2.24) is 10.2 Å². The number of nitrogens with one attached hydrogen (secondary N) is 1. The molecule has 0 radical (unpaired) electrons. The van der Waals surface area contributed by atoms with Crippen molar-refractivity contribution in [2.24, 2.45) is 0 Å². The summed E-state index contributed by atoms with van der Waals surface area (Å²) >= 11 is 0. The van der Waals surface area contributed by atoms with Gasteiger partial charge in [0.1, 0.15) is 13.1 Å². The third-order valence-electron chi connectivity index (χ3n) is 1.29. The molecule has 0 saturated carbocycles. The van der Waals surface area contributed by atoms with Crippen LogP contribution >= 0.6 is 0 Å². The minimum atomic E-state index is -0.388. The van der Waals surface area contributed by atoms with E-state index in [1.54, 1.807) is 0 Å². The molecule has 0 saturated heterocycles. The first-order valence-electron chi connectivity index (χ1n) is 4.21. The number of carbonyl (C=O) groups is 1. The third-order valence-corrected chi connectivity index (χ3v) is 1.29. The van der Waals surface area contributed by atoms with E-state index in [2.05, 4.69) is 5.32 Å². The Kier molecular flexibility index (Phi) is 4.45. The van der Waals surface area contributed by atoms with Crippen LogP contribution in [0.2, 0.25) is 0 Å². The third kappa shape index (κ3) is 5.00. The number of amides is 2. The quantitative estimate of drug-likeness (QED) is 0.661. The Morgan fingerprint density at radius 2 is 1.71 bits per heavy atom. The van der Waals surface area contributed by atoms with Crippen LogP contribution in [0.25, 0.3) is 0 Å². The van der Waals surface area contributed by atoms with Gasteiger partial charge in [0, 0.05) is 5.54 Å². The summed E-state index contributed by atoms with van der Waals surface area (Å²) in [5, 5.41) is 19.5. The van der Waals surface area contributed by atoms with Crippen LogP contribution in [0.1, 0.15) is 20.8 Å². The van der Waals surface area contributed by atoms with Crippen LogP contribution in [0, 0.1) is 22.7 Å². The van der Waals surface area contributed by atoms with Crippen molar-refractivity contribution < 1.29 is 4.79 Å². The summed E-state index contributed by atoms with van der Waals surface area (Å²) < 4.78 is 0. The van der Waals surface area contributed by atoms with Crippen LogP contribution in [0.3, 0.4) is 0 Å². The zero-order valence-corrected chi connectivity index (χ0v) is 8.66. The summed E-state index contributed by atoms with van der Waals surface area (Å²) in [5.41, 5.74) is -0.361. The topological polar surface area (TPSA) is 79.9 Å². The summed E-state index contributed by atoms with van der Waals surface area (Å²) in [5.74, 6) is 0. The number of hydrogen-bond acceptors (Lipinski definition) is 3. The summed E-state index contributed by atoms with van der Waals surface area (Å²) in [4.78, 5) is 12.6. The van der Waals surface area contributed by atoms with Gasteiger partial charge in [0.05, 0.1) is 12.1 Å². The van der Waals surface area contributed by atoms with E-state index in [0.29, 0.717) is 0 Å². The molecule has 1 N–H and O–H groups in total. The lowest BCUT2D eigenvalue weighted by Gasteiger charge is -2.25. The van der Waals surface area contributed by atoms with Gasteiger partial charge < -0.3 is 5.32 Å². The zero-order valence-electron chi connectivity index (χ0n) is 8.66. The molecule has 0 unspecified atom stereocenters. The second-order valence-corrected chi connectivity index (χ2v) is 3.85. The number of urea groups is 1. The summed E-state index contributed by atoms with van der Waals surface area (Å²) in [6.07, 6.45) is 0. The first-order valence-corrected chi connectivity index (χ1v) is 4.21. The van der Waals surface area contributed by atoms with Gasteiger partial charge in [0.25, 0.3) is 0 Å². The van der Waals surface area contributed by atoms with Crippen LogP contribution < -0.4 is 5.32 Å². The Morgan fingerprint density at radius 1 is 1.29 bits per heavy atom. The maximum atomic E-state index is 11.5. The van der Waals surface area contributed by atoms with E-state index in [0.717, 1.165) is 4.90 Å². The van der Waals surface area contributed by atoms with Gasteiger partial charge in [-0.25, -0.2) is 4.79 Å².